The van der Waals surface area contributed by atoms with E-state index in [0.29, 0.717) is 12.3 Å². The fraction of sp³-hybridized carbons (Fsp3) is 0.167. The molecule has 2 aromatic rings. The first-order valence-electron chi connectivity index (χ1n) is 7.74. The second-order valence-corrected chi connectivity index (χ2v) is 5.15. The summed E-state index contributed by atoms with van der Waals surface area (Å²) in [6.07, 6.45) is 4.20. The van der Waals surface area contributed by atoms with Gasteiger partial charge in [-0.2, -0.15) is 0 Å². The monoisotopic (exact) mass is 341 g/mol. The van der Waals surface area contributed by atoms with Gasteiger partial charge in [-0.25, -0.2) is 0 Å². The van der Waals surface area contributed by atoms with Crippen molar-refractivity contribution in [2.45, 2.75) is 19.4 Å². The highest BCUT2D eigenvalue weighted by Crippen LogP contribution is 2.01. The second-order valence-electron chi connectivity index (χ2n) is 5.15. The predicted molar refractivity (Wildman–Crippen MR) is 91.6 cm³/mol. The number of benzene rings is 1. The molecule has 0 spiro atoms. The molecule has 1 aromatic carbocycles. The van der Waals surface area contributed by atoms with E-state index in [-0.39, 0.29) is 18.7 Å². The van der Waals surface area contributed by atoms with Crippen molar-refractivity contribution in [2.75, 3.05) is 0 Å². The van der Waals surface area contributed by atoms with E-state index < -0.39 is 11.8 Å². The molecule has 7 heteroatoms. The summed E-state index contributed by atoms with van der Waals surface area (Å²) in [6, 6.07) is 12.9. The molecule has 3 N–H and O–H groups in total. The van der Waals surface area contributed by atoms with E-state index in [4.69, 9.17) is 4.42 Å². The van der Waals surface area contributed by atoms with Crippen LogP contribution in [0.1, 0.15) is 24.2 Å². The van der Waals surface area contributed by atoms with Crippen molar-refractivity contribution in [2.24, 2.45) is 0 Å². The Morgan fingerprint density at radius 2 is 1.68 bits per heavy atom. The van der Waals surface area contributed by atoms with Crippen LogP contribution in [0.3, 0.4) is 0 Å². The smallest absolute Gasteiger partial charge is 0.262 e. The van der Waals surface area contributed by atoms with Crippen molar-refractivity contribution in [1.29, 1.82) is 0 Å². The molecule has 0 bridgehead atoms. The highest BCUT2D eigenvalue weighted by atomic mass is 16.3. The van der Waals surface area contributed by atoms with Crippen LogP contribution in [-0.4, -0.2) is 17.7 Å². The number of hydrogen-bond acceptors (Lipinski definition) is 4. The maximum absolute atomic E-state index is 11.7. The zero-order valence-electron chi connectivity index (χ0n) is 13.5. The molecule has 0 atom stereocenters. The first-order chi connectivity index (χ1) is 12.1. The number of hydrazine groups is 1. The summed E-state index contributed by atoms with van der Waals surface area (Å²) in [4.78, 5) is 34.8. The lowest BCUT2D eigenvalue weighted by Gasteiger charge is -2.06. The number of furan rings is 1. The molecule has 0 unspecified atom stereocenters. The molecule has 130 valence electrons. The van der Waals surface area contributed by atoms with E-state index in [2.05, 4.69) is 16.2 Å². The summed E-state index contributed by atoms with van der Waals surface area (Å²) >= 11 is 0. The summed E-state index contributed by atoms with van der Waals surface area (Å²) < 4.78 is 5.03. The largest absolute Gasteiger partial charge is 0.465 e. The molecule has 3 amide bonds. The molecule has 1 aromatic heterocycles. The third kappa shape index (κ3) is 7.17. The first-order valence-corrected chi connectivity index (χ1v) is 7.74. The third-order valence-corrected chi connectivity index (χ3v) is 3.18. The second kappa shape index (κ2) is 9.71. The van der Waals surface area contributed by atoms with Gasteiger partial charge in [0.2, 0.25) is 11.8 Å². The van der Waals surface area contributed by atoms with Crippen LogP contribution >= 0.6 is 0 Å². The van der Waals surface area contributed by atoms with E-state index in [1.807, 2.05) is 30.3 Å². The SMILES string of the molecule is O=C(C=Cc1ccco1)NNC(=O)CCC(=O)NCc1ccccc1. The van der Waals surface area contributed by atoms with Crippen LogP contribution in [0, 0.1) is 0 Å². The topological polar surface area (TPSA) is 100 Å². The van der Waals surface area contributed by atoms with Gasteiger partial charge in [0.1, 0.15) is 5.76 Å². The van der Waals surface area contributed by atoms with Gasteiger partial charge in [0.15, 0.2) is 0 Å². The Hall–Kier alpha value is -3.35. The molecule has 0 saturated heterocycles. The lowest BCUT2D eigenvalue weighted by atomic mass is 10.2. The maximum Gasteiger partial charge on any atom is 0.262 e. The van der Waals surface area contributed by atoms with Gasteiger partial charge in [-0.05, 0) is 23.8 Å². The van der Waals surface area contributed by atoms with Crippen molar-refractivity contribution >= 4 is 23.8 Å². The van der Waals surface area contributed by atoms with Crippen molar-refractivity contribution in [3.05, 3.63) is 66.1 Å². The van der Waals surface area contributed by atoms with Gasteiger partial charge in [-0.15, -0.1) is 0 Å². The highest BCUT2D eigenvalue weighted by molar-refractivity contribution is 5.93. The number of hydrogen-bond donors (Lipinski definition) is 3. The quantitative estimate of drug-likeness (QED) is 0.525. The summed E-state index contributed by atoms with van der Waals surface area (Å²) in [5.41, 5.74) is 5.45. The van der Waals surface area contributed by atoms with Gasteiger partial charge in [-0.3, -0.25) is 25.2 Å². The summed E-state index contributed by atoms with van der Waals surface area (Å²) in [5.74, 6) is -0.660. The van der Waals surface area contributed by atoms with E-state index in [0.717, 1.165) is 5.56 Å². The number of amides is 3. The molecule has 25 heavy (non-hydrogen) atoms. The zero-order chi connectivity index (χ0) is 17.9. The molecule has 7 nitrogen and oxygen atoms in total. The van der Waals surface area contributed by atoms with Crippen molar-refractivity contribution < 1.29 is 18.8 Å². The fourth-order valence-electron chi connectivity index (χ4n) is 1.89. The molecule has 0 aliphatic carbocycles. The standard InChI is InChI=1S/C18H19N3O4/c22-16(19-13-14-5-2-1-3-6-14)10-11-18(24)21-20-17(23)9-8-15-7-4-12-25-15/h1-9,12H,10-11,13H2,(H,19,22)(H,20,23)(H,21,24). The minimum Gasteiger partial charge on any atom is -0.465 e. The normalized spacial score (nSPS) is 10.4. The molecular weight excluding hydrogens is 322 g/mol. The molecule has 0 fully saturated rings. The fourth-order valence-corrected chi connectivity index (χ4v) is 1.89. The lowest BCUT2D eigenvalue weighted by molar-refractivity contribution is -0.129. The van der Waals surface area contributed by atoms with Crippen LogP contribution in [0.5, 0.6) is 0 Å². The van der Waals surface area contributed by atoms with Gasteiger partial charge in [0.25, 0.3) is 5.91 Å². The molecule has 0 radical (unpaired) electrons. The van der Waals surface area contributed by atoms with Crippen LogP contribution < -0.4 is 16.2 Å². The lowest BCUT2D eigenvalue weighted by Crippen LogP contribution is -2.41. The third-order valence-electron chi connectivity index (χ3n) is 3.18. The zero-order valence-corrected chi connectivity index (χ0v) is 13.5. The molecular formula is C18H19N3O4. The van der Waals surface area contributed by atoms with Gasteiger partial charge in [0.05, 0.1) is 6.26 Å². The van der Waals surface area contributed by atoms with Gasteiger partial charge >= 0.3 is 0 Å². The minimum absolute atomic E-state index is 0.0250. The van der Waals surface area contributed by atoms with Crippen LogP contribution in [0.25, 0.3) is 6.08 Å². The van der Waals surface area contributed by atoms with Crippen LogP contribution in [0.15, 0.2) is 59.2 Å². The van der Waals surface area contributed by atoms with Crippen LogP contribution in [0.4, 0.5) is 0 Å². The van der Waals surface area contributed by atoms with E-state index in [1.54, 1.807) is 12.1 Å². The van der Waals surface area contributed by atoms with Gasteiger partial charge < -0.3 is 9.73 Å². The average molecular weight is 341 g/mol. The predicted octanol–water partition coefficient (Wildman–Crippen LogP) is 1.54. The Morgan fingerprint density at radius 1 is 0.920 bits per heavy atom. The summed E-state index contributed by atoms with van der Waals surface area (Å²) in [6.45, 7) is 0.412. The number of carbonyl (C=O) groups excluding carboxylic acids is 3. The van der Waals surface area contributed by atoms with E-state index in [9.17, 15) is 14.4 Å². The van der Waals surface area contributed by atoms with Gasteiger partial charge in [-0.1, -0.05) is 30.3 Å². The number of rotatable bonds is 7. The number of nitrogens with one attached hydrogen (secondary N) is 3. The molecule has 0 aliphatic rings. The molecule has 1 heterocycles. The maximum atomic E-state index is 11.7. The van der Waals surface area contributed by atoms with Crippen molar-refractivity contribution in [3.63, 3.8) is 0 Å². The Balaban J connectivity index is 1.60. The van der Waals surface area contributed by atoms with Crippen molar-refractivity contribution in [1.82, 2.24) is 16.2 Å². The summed E-state index contributed by atoms with van der Waals surface area (Å²) in [5, 5.41) is 2.73. The Kier molecular flexibility index (Phi) is 6.99. The van der Waals surface area contributed by atoms with E-state index in [1.165, 1.54) is 18.4 Å². The van der Waals surface area contributed by atoms with Crippen LogP contribution in [-0.2, 0) is 20.9 Å². The van der Waals surface area contributed by atoms with Crippen molar-refractivity contribution in [3.8, 4) is 0 Å². The van der Waals surface area contributed by atoms with Crippen LogP contribution in [0.2, 0.25) is 0 Å². The molecule has 0 saturated carbocycles. The highest BCUT2D eigenvalue weighted by Gasteiger charge is 2.07. The van der Waals surface area contributed by atoms with E-state index >= 15 is 0 Å². The average Bonchev–Trinajstić information content (AvgIpc) is 3.15. The van der Waals surface area contributed by atoms with Gasteiger partial charge in [0, 0.05) is 25.5 Å². The number of carbonyl (C=O) groups is 3. The molecule has 2 rings (SSSR count). The summed E-state index contributed by atoms with van der Waals surface area (Å²) in [7, 11) is 0. The Labute approximate surface area is 145 Å². The molecule has 0 aliphatic heterocycles. The first kappa shape index (κ1) is 18.0. The Morgan fingerprint density at radius 3 is 2.40 bits per heavy atom. The Bertz CT molecular complexity index is 724. The minimum atomic E-state index is -0.502.